The van der Waals surface area contributed by atoms with E-state index in [1.165, 1.54) is 32.4 Å². The molecule has 0 aromatic heterocycles. The molecule has 0 radical (unpaired) electrons. The third-order valence-corrected chi connectivity index (χ3v) is 4.69. The summed E-state index contributed by atoms with van der Waals surface area (Å²) in [6.45, 7) is 6.49. The number of nitrogens with one attached hydrogen (secondary N) is 1. The Labute approximate surface area is 135 Å². The highest BCUT2D eigenvalue weighted by atomic mass is 127. The lowest BCUT2D eigenvalue weighted by Gasteiger charge is -2.29. The molecule has 20 heavy (non-hydrogen) atoms. The van der Waals surface area contributed by atoms with Gasteiger partial charge in [0.2, 0.25) is 0 Å². The quantitative estimate of drug-likeness (QED) is 0.789. The number of carbonyl (C=O) groups is 1. The Morgan fingerprint density at radius 3 is 2.70 bits per heavy atom. The lowest BCUT2D eigenvalue weighted by atomic mass is 10.1. The van der Waals surface area contributed by atoms with Crippen LogP contribution >= 0.6 is 22.6 Å². The van der Waals surface area contributed by atoms with Crippen LogP contribution in [-0.4, -0.2) is 37.0 Å². The fourth-order valence-electron chi connectivity index (χ4n) is 2.65. The van der Waals surface area contributed by atoms with Crippen molar-refractivity contribution < 1.29 is 4.79 Å². The van der Waals surface area contributed by atoms with Gasteiger partial charge in [0.1, 0.15) is 0 Å². The summed E-state index contributed by atoms with van der Waals surface area (Å²) >= 11 is 2.21. The van der Waals surface area contributed by atoms with Crippen molar-refractivity contribution in [3.63, 3.8) is 0 Å². The van der Waals surface area contributed by atoms with Gasteiger partial charge < -0.3 is 10.2 Å². The van der Waals surface area contributed by atoms with E-state index in [-0.39, 0.29) is 5.91 Å². The first-order valence-corrected chi connectivity index (χ1v) is 8.50. The molecule has 1 aromatic carbocycles. The molecule has 0 saturated carbocycles. The molecule has 1 aliphatic heterocycles. The van der Waals surface area contributed by atoms with E-state index in [0.717, 1.165) is 22.2 Å². The van der Waals surface area contributed by atoms with Crippen LogP contribution in [0.1, 0.15) is 36.5 Å². The summed E-state index contributed by atoms with van der Waals surface area (Å²) in [7, 11) is 0. The van der Waals surface area contributed by atoms with Gasteiger partial charge in [0.15, 0.2) is 0 Å². The second kappa shape index (κ2) is 7.98. The van der Waals surface area contributed by atoms with E-state index in [1.54, 1.807) is 0 Å². The van der Waals surface area contributed by atoms with E-state index >= 15 is 0 Å². The van der Waals surface area contributed by atoms with Crippen molar-refractivity contribution in [2.45, 2.75) is 26.2 Å². The maximum atomic E-state index is 12.1. The standard InChI is InChI=1S/C16H23IN2O/c1-13(12-19-9-5-2-6-10-19)11-18-16(20)14-7-3-4-8-15(14)17/h3-4,7-8,13H,2,5-6,9-12H2,1H3,(H,18,20). The van der Waals surface area contributed by atoms with Gasteiger partial charge in [-0.25, -0.2) is 0 Å². The van der Waals surface area contributed by atoms with Crippen LogP contribution in [0, 0.1) is 9.49 Å². The Kier molecular flexibility index (Phi) is 6.29. The maximum absolute atomic E-state index is 12.1. The van der Waals surface area contributed by atoms with Crippen LogP contribution in [0.4, 0.5) is 0 Å². The molecule has 1 aromatic rings. The molecule has 1 N–H and O–H groups in total. The third-order valence-electron chi connectivity index (χ3n) is 3.75. The Bertz CT molecular complexity index is 444. The van der Waals surface area contributed by atoms with Crippen LogP contribution in [0.25, 0.3) is 0 Å². The number of benzene rings is 1. The lowest BCUT2D eigenvalue weighted by molar-refractivity contribution is 0.0941. The SMILES string of the molecule is CC(CNC(=O)c1ccccc1I)CN1CCCCC1. The van der Waals surface area contributed by atoms with Crippen molar-refractivity contribution in [2.24, 2.45) is 5.92 Å². The highest BCUT2D eigenvalue weighted by Gasteiger charge is 2.15. The van der Waals surface area contributed by atoms with Gasteiger partial charge in [-0.3, -0.25) is 4.79 Å². The van der Waals surface area contributed by atoms with E-state index in [4.69, 9.17) is 0 Å². The predicted octanol–water partition coefficient (Wildman–Crippen LogP) is 3.14. The summed E-state index contributed by atoms with van der Waals surface area (Å²) in [5.74, 6) is 0.541. The first-order valence-electron chi connectivity index (χ1n) is 7.42. The Hall–Kier alpha value is -0.620. The molecule has 0 spiro atoms. The van der Waals surface area contributed by atoms with E-state index in [2.05, 4.69) is 39.7 Å². The normalized spacial score (nSPS) is 17.7. The van der Waals surface area contributed by atoms with E-state index in [0.29, 0.717) is 5.92 Å². The zero-order valence-electron chi connectivity index (χ0n) is 12.1. The molecular weight excluding hydrogens is 363 g/mol. The number of nitrogens with zero attached hydrogens (tertiary/aromatic N) is 1. The molecule has 4 heteroatoms. The molecule has 1 atom stereocenters. The minimum absolute atomic E-state index is 0.0421. The number of piperidine rings is 1. The van der Waals surface area contributed by atoms with Gasteiger partial charge >= 0.3 is 0 Å². The minimum Gasteiger partial charge on any atom is -0.352 e. The van der Waals surface area contributed by atoms with E-state index in [1.807, 2.05) is 24.3 Å². The van der Waals surface area contributed by atoms with E-state index in [9.17, 15) is 4.79 Å². The van der Waals surface area contributed by atoms with Crippen molar-refractivity contribution in [1.29, 1.82) is 0 Å². The van der Waals surface area contributed by atoms with Gasteiger partial charge in [0.05, 0.1) is 5.56 Å². The Balaban J connectivity index is 1.76. The van der Waals surface area contributed by atoms with Crippen LogP contribution in [0.15, 0.2) is 24.3 Å². The van der Waals surface area contributed by atoms with Gasteiger partial charge in [0.25, 0.3) is 5.91 Å². The topological polar surface area (TPSA) is 32.3 Å². The van der Waals surface area contributed by atoms with Crippen molar-refractivity contribution in [1.82, 2.24) is 10.2 Å². The molecule has 1 unspecified atom stereocenters. The molecule has 1 heterocycles. The zero-order valence-corrected chi connectivity index (χ0v) is 14.2. The van der Waals surface area contributed by atoms with Crippen molar-refractivity contribution in [2.75, 3.05) is 26.2 Å². The van der Waals surface area contributed by atoms with Gasteiger partial charge in [-0.1, -0.05) is 25.5 Å². The zero-order chi connectivity index (χ0) is 14.4. The van der Waals surface area contributed by atoms with Crippen LogP contribution in [0.3, 0.4) is 0 Å². The highest BCUT2D eigenvalue weighted by molar-refractivity contribution is 14.1. The average molecular weight is 386 g/mol. The summed E-state index contributed by atoms with van der Waals surface area (Å²) in [5.41, 5.74) is 0.776. The lowest BCUT2D eigenvalue weighted by Crippen LogP contribution is -2.38. The number of halogens is 1. The van der Waals surface area contributed by atoms with E-state index < -0.39 is 0 Å². The second-order valence-corrected chi connectivity index (χ2v) is 6.82. The number of rotatable bonds is 5. The predicted molar refractivity (Wildman–Crippen MR) is 90.9 cm³/mol. The van der Waals surface area contributed by atoms with Crippen LogP contribution in [0.2, 0.25) is 0 Å². The molecule has 1 fully saturated rings. The average Bonchev–Trinajstić information content (AvgIpc) is 2.46. The fraction of sp³-hybridized carbons (Fsp3) is 0.562. The third kappa shape index (κ3) is 4.74. The monoisotopic (exact) mass is 386 g/mol. The molecule has 1 aliphatic rings. The first kappa shape index (κ1) is 15.8. The fourth-order valence-corrected chi connectivity index (χ4v) is 3.29. The van der Waals surface area contributed by atoms with Crippen LogP contribution < -0.4 is 5.32 Å². The summed E-state index contributed by atoms with van der Waals surface area (Å²) in [5, 5.41) is 3.06. The highest BCUT2D eigenvalue weighted by Crippen LogP contribution is 2.12. The van der Waals surface area contributed by atoms with Gasteiger partial charge in [-0.05, 0) is 66.6 Å². The minimum atomic E-state index is 0.0421. The van der Waals surface area contributed by atoms with Gasteiger partial charge in [0, 0.05) is 16.7 Å². The summed E-state index contributed by atoms with van der Waals surface area (Å²) in [6, 6.07) is 7.71. The van der Waals surface area contributed by atoms with Crippen LogP contribution in [-0.2, 0) is 0 Å². The number of hydrogen-bond acceptors (Lipinski definition) is 2. The van der Waals surface area contributed by atoms with Crippen molar-refractivity contribution in [3.05, 3.63) is 33.4 Å². The maximum Gasteiger partial charge on any atom is 0.252 e. The molecular formula is C16H23IN2O. The van der Waals surface area contributed by atoms with Gasteiger partial charge in [-0.15, -0.1) is 0 Å². The molecule has 2 rings (SSSR count). The number of likely N-dealkylation sites (tertiary alicyclic amines) is 1. The Morgan fingerprint density at radius 1 is 1.30 bits per heavy atom. The second-order valence-electron chi connectivity index (χ2n) is 5.66. The first-order chi connectivity index (χ1) is 9.66. The van der Waals surface area contributed by atoms with Crippen LogP contribution in [0.5, 0.6) is 0 Å². The number of carbonyl (C=O) groups excluding carboxylic acids is 1. The smallest absolute Gasteiger partial charge is 0.252 e. The number of hydrogen-bond donors (Lipinski definition) is 1. The summed E-state index contributed by atoms with van der Waals surface area (Å²) in [4.78, 5) is 14.7. The molecule has 1 saturated heterocycles. The molecule has 3 nitrogen and oxygen atoms in total. The van der Waals surface area contributed by atoms with Crippen molar-refractivity contribution >= 4 is 28.5 Å². The molecule has 0 aliphatic carbocycles. The summed E-state index contributed by atoms with van der Waals surface area (Å²) in [6.07, 6.45) is 4.01. The van der Waals surface area contributed by atoms with Gasteiger partial charge in [-0.2, -0.15) is 0 Å². The summed E-state index contributed by atoms with van der Waals surface area (Å²) < 4.78 is 1.01. The molecule has 0 bridgehead atoms. The number of amides is 1. The van der Waals surface area contributed by atoms with Crippen molar-refractivity contribution in [3.8, 4) is 0 Å². The largest absolute Gasteiger partial charge is 0.352 e. The molecule has 1 amide bonds. The Morgan fingerprint density at radius 2 is 2.00 bits per heavy atom. The molecule has 110 valence electrons.